The van der Waals surface area contributed by atoms with Crippen LogP contribution in [-0.2, 0) is 4.79 Å². The molecule has 30 heavy (non-hydrogen) atoms. The number of nitrogens with zero attached hydrogens (tertiary/aromatic N) is 3. The number of hydrogen-bond acceptors (Lipinski definition) is 5. The zero-order valence-electron chi connectivity index (χ0n) is 16.9. The van der Waals surface area contributed by atoms with Crippen LogP contribution in [0.2, 0.25) is 0 Å². The van der Waals surface area contributed by atoms with E-state index in [0.29, 0.717) is 11.5 Å². The number of carbonyl (C=O) groups excluding carboxylic acids is 1. The molecule has 1 amide bonds. The van der Waals surface area contributed by atoms with Crippen LogP contribution >= 0.6 is 11.8 Å². The molecule has 0 radical (unpaired) electrons. The Morgan fingerprint density at radius 3 is 2.70 bits per heavy atom. The first kappa shape index (κ1) is 20.4. The molecule has 2 aromatic rings. The Bertz CT molecular complexity index is 948. The standard InChI is InChI=1S/C24H25N3O2S/c1-2-15-29-21-12-10-18(11-13-21)16-22-23(28)27(20-8-4-3-5-9-20)24(30-22)26-19-7-6-14-25-17-19/h2,6-7,10-14,16-17,20H,1,3-5,8-9,15H2/b22-16-,26-24?. The van der Waals surface area contributed by atoms with Crippen LogP contribution < -0.4 is 4.74 Å². The van der Waals surface area contributed by atoms with E-state index in [4.69, 9.17) is 9.73 Å². The second kappa shape index (κ2) is 9.76. The number of pyridine rings is 1. The van der Waals surface area contributed by atoms with Gasteiger partial charge in [-0.25, -0.2) is 4.99 Å². The minimum absolute atomic E-state index is 0.0431. The molecule has 6 heteroatoms. The summed E-state index contributed by atoms with van der Waals surface area (Å²) in [5.74, 6) is 0.826. The topological polar surface area (TPSA) is 54.8 Å². The summed E-state index contributed by atoms with van der Waals surface area (Å²) in [7, 11) is 0. The molecule has 1 saturated heterocycles. The summed E-state index contributed by atoms with van der Waals surface area (Å²) >= 11 is 1.44. The second-order valence-corrected chi connectivity index (χ2v) is 8.36. The van der Waals surface area contributed by atoms with Gasteiger partial charge in [0.05, 0.1) is 16.8 Å². The SMILES string of the molecule is C=CCOc1ccc(/C=C2\SC(=Nc3cccnc3)N(C3CCCCC3)C2=O)cc1. The van der Waals surface area contributed by atoms with Gasteiger partial charge in [-0.3, -0.25) is 14.7 Å². The van der Waals surface area contributed by atoms with Crippen LogP contribution in [-0.4, -0.2) is 33.6 Å². The highest BCUT2D eigenvalue weighted by molar-refractivity contribution is 8.18. The largest absolute Gasteiger partial charge is 0.490 e. The Kier molecular flexibility index (Phi) is 6.64. The molecule has 4 rings (SSSR count). The molecule has 0 unspecified atom stereocenters. The van der Waals surface area contributed by atoms with Crippen molar-refractivity contribution < 1.29 is 9.53 Å². The van der Waals surface area contributed by atoms with E-state index in [-0.39, 0.29) is 11.9 Å². The number of aliphatic imine (C=N–C) groups is 1. The van der Waals surface area contributed by atoms with E-state index in [0.717, 1.165) is 47.9 Å². The van der Waals surface area contributed by atoms with Crippen molar-refractivity contribution in [1.82, 2.24) is 9.88 Å². The summed E-state index contributed by atoms with van der Waals surface area (Å²) in [6.45, 7) is 4.13. The summed E-state index contributed by atoms with van der Waals surface area (Å²) in [6.07, 6.45) is 12.7. The molecule has 1 aliphatic heterocycles. The Balaban J connectivity index is 1.61. The summed E-state index contributed by atoms with van der Waals surface area (Å²) in [5.41, 5.74) is 1.72. The van der Waals surface area contributed by atoms with Crippen LogP contribution in [0.3, 0.4) is 0 Å². The smallest absolute Gasteiger partial charge is 0.267 e. The molecule has 1 saturated carbocycles. The third kappa shape index (κ3) is 4.82. The first-order valence-corrected chi connectivity index (χ1v) is 11.1. The van der Waals surface area contributed by atoms with Gasteiger partial charge >= 0.3 is 0 Å². The fourth-order valence-electron chi connectivity index (χ4n) is 3.72. The van der Waals surface area contributed by atoms with Gasteiger partial charge in [0, 0.05) is 12.2 Å². The zero-order valence-corrected chi connectivity index (χ0v) is 17.7. The molecule has 0 atom stereocenters. The van der Waals surface area contributed by atoms with Crippen molar-refractivity contribution in [1.29, 1.82) is 0 Å². The van der Waals surface area contributed by atoms with Gasteiger partial charge in [0.25, 0.3) is 5.91 Å². The van der Waals surface area contributed by atoms with E-state index >= 15 is 0 Å². The predicted molar refractivity (Wildman–Crippen MR) is 123 cm³/mol. The third-order valence-electron chi connectivity index (χ3n) is 5.19. The van der Waals surface area contributed by atoms with E-state index in [1.165, 1.54) is 18.2 Å². The molecule has 154 valence electrons. The monoisotopic (exact) mass is 419 g/mol. The van der Waals surface area contributed by atoms with Crippen molar-refractivity contribution in [3.8, 4) is 5.75 Å². The number of amides is 1. The number of benzene rings is 1. The average molecular weight is 420 g/mol. The van der Waals surface area contributed by atoms with Gasteiger partial charge in [-0.2, -0.15) is 0 Å². The second-order valence-electron chi connectivity index (χ2n) is 7.35. The lowest BCUT2D eigenvalue weighted by Crippen LogP contribution is -2.40. The Morgan fingerprint density at radius 2 is 2.00 bits per heavy atom. The van der Waals surface area contributed by atoms with Gasteiger partial charge in [-0.15, -0.1) is 0 Å². The minimum atomic E-state index is 0.0431. The Hall–Kier alpha value is -2.86. The summed E-state index contributed by atoms with van der Waals surface area (Å²) in [4.78, 5) is 24.8. The van der Waals surface area contributed by atoms with Crippen LogP contribution in [0.4, 0.5) is 5.69 Å². The lowest BCUT2D eigenvalue weighted by Gasteiger charge is -2.30. The quantitative estimate of drug-likeness (QED) is 0.453. The molecule has 5 nitrogen and oxygen atoms in total. The molecule has 1 aliphatic carbocycles. The van der Waals surface area contributed by atoms with E-state index in [1.807, 2.05) is 47.4 Å². The summed E-state index contributed by atoms with van der Waals surface area (Å²) < 4.78 is 5.54. The minimum Gasteiger partial charge on any atom is -0.490 e. The van der Waals surface area contributed by atoms with Gasteiger partial charge in [-0.1, -0.05) is 44.1 Å². The predicted octanol–water partition coefficient (Wildman–Crippen LogP) is 5.58. The maximum absolute atomic E-state index is 13.3. The number of thioether (sulfide) groups is 1. The van der Waals surface area contributed by atoms with Crippen molar-refractivity contribution >= 4 is 34.6 Å². The number of aromatic nitrogens is 1. The zero-order chi connectivity index (χ0) is 20.8. The maximum Gasteiger partial charge on any atom is 0.267 e. The van der Waals surface area contributed by atoms with E-state index in [1.54, 1.807) is 18.5 Å². The van der Waals surface area contributed by atoms with Gasteiger partial charge in [0.1, 0.15) is 12.4 Å². The molecule has 2 aliphatic rings. The first-order valence-electron chi connectivity index (χ1n) is 10.3. The summed E-state index contributed by atoms with van der Waals surface area (Å²) in [6, 6.07) is 11.7. The fraction of sp³-hybridized carbons (Fsp3) is 0.292. The van der Waals surface area contributed by atoms with Crippen LogP contribution in [0.5, 0.6) is 5.75 Å². The van der Waals surface area contributed by atoms with Crippen molar-refractivity contribution in [2.24, 2.45) is 4.99 Å². The molecule has 2 heterocycles. The molecule has 2 fully saturated rings. The highest BCUT2D eigenvalue weighted by Crippen LogP contribution is 2.38. The van der Waals surface area contributed by atoms with Crippen molar-refractivity contribution in [2.75, 3.05) is 6.61 Å². The van der Waals surface area contributed by atoms with Crippen molar-refractivity contribution in [2.45, 2.75) is 38.1 Å². The highest BCUT2D eigenvalue weighted by Gasteiger charge is 2.38. The third-order valence-corrected chi connectivity index (χ3v) is 6.18. The van der Waals surface area contributed by atoms with Crippen LogP contribution in [0.25, 0.3) is 6.08 Å². The molecule has 1 aromatic carbocycles. The van der Waals surface area contributed by atoms with Gasteiger partial charge < -0.3 is 4.74 Å². The molecule has 1 aromatic heterocycles. The maximum atomic E-state index is 13.3. The number of carbonyl (C=O) groups is 1. The Labute approximate surface area is 181 Å². The molecule has 0 spiro atoms. The van der Waals surface area contributed by atoms with E-state index < -0.39 is 0 Å². The van der Waals surface area contributed by atoms with Gasteiger partial charge in [0.2, 0.25) is 0 Å². The van der Waals surface area contributed by atoms with Crippen molar-refractivity contribution in [3.63, 3.8) is 0 Å². The van der Waals surface area contributed by atoms with Gasteiger partial charge in [0.15, 0.2) is 5.17 Å². The normalized spacial score (nSPS) is 20.1. The average Bonchev–Trinajstić information content (AvgIpc) is 3.09. The van der Waals surface area contributed by atoms with Crippen LogP contribution in [0.1, 0.15) is 37.7 Å². The number of amidine groups is 1. The van der Waals surface area contributed by atoms with Crippen LogP contribution in [0, 0.1) is 0 Å². The molecule has 0 N–H and O–H groups in total. The summed E-state index contributed by atoms with van der Waals surface area (Å²) in [5, 5.41) is 0.747. The number of rotatable bonds is 6. The van der Waals surface area contributed by atoms with Crippen LogP contribution in [0.15, 0.2) is 71.3 Å². The molecular formula is C24H25N3O2S. The van der Waals surface area contributed by atoms with Gasteiger partial charge in [-0.05, 0) is 60.5 Å². The first-order chi connectivity index (χ1) is 14.7. The number of hydrogen-bond donors (Lipinski definition) is 0. The molecular weight excluding hydrogens is 394 g/mol. The van der Waals surface area contributed by atoms with E-state index in [2.05, 4.69) is 11.6 Å². The fourth-order valence-corrected chi connectivity index (χ4v) is 4.78. The lowest BCUT2D eigenvalue weighted by atomic mass is 9.94. The van der Waals surface area contributed by atoms with E-state index in [9.17, 15) is 4.79 Å². The molecule has 0 bridgehead atoms. The Morgan fingerprint density at radius 1 is 1.20 bits per heavy atom. The lowest BCUT2D eigenvalue weighted by molar-refractivity contribution is -0.124. The van der Waals surface area contributed by atoms with Crippen molar-refractivity contribution in [3.05, 3.63) is 71.9 Å². The highest BCUT2D eigenvalue weighted by atomic mass is 32.2. The number of ether oxygens (including phenoxy) is 1.